The Labute approximate surface area is 122 Å². The lowest BCUT2D eigenvalue weighted by Gasteiger charge is -2.40. The zero-order chi connectivity index (χ0) is 14.4. The fourth-order valence-electron chi connectivity index (χ4n) is 2.72. The van der Waals surface area contributed by atoms with Crippen LogP contribution in [0.3, 0.4) is 0 Å². The van der Waals surface area contributed by atoms with E-state index in [0.717, 1.165) is 5.69 Å². The van der Waals surface area contributed by atoms with Gasteiger partial charge in [0.05, 0.1) is 11.7 Å². The van der Waals surface area contributed by atoms with Crippen molar-refractivity contribution in [2.24, 2.45) is 0 Å². The van der Waals surface area contributed by atoms with Crippen molar-refractivity contribution >= 4 is 5.91 Å². The van der Waals surface area contributed by atoms with Crippen LogP contribution < -0.4 is 0 Å². The summed E-state index contributed by atoms with van der Waals surface area (Å²) in [6, 6.07) is 1.84. The number of carbonyl (C=O) groups excluding carboxylic acids is 1. The molecule has 110 valence electrons. The zero-order valence-electron chi connectivity index (χ0n) is 12.0. The van der Waals surface area contributed by atoms with Gasteiger partial charge >= 0.3 is 0 Å². The number of amides is 1. The molecule has 2 aromatic heterocycles. The number of likely N-dealkylation sites (tertiary alicyclic amines) is 1. The van der Waals surface area contributed by atoms with Crippen LogP contribution in [0.5, 0.6) is 0 Å². The standard InChI is InChI=1S/C14H18N6O/c1-10(19-6-2-5-15-19)14(21)18-7-12(8-18)20-9-13(16-17-20)11-3-4-11/h2,5-6,9-12H,3-4,7-8H2,1H3. The summed E-state index contributed by atoms with van der Waals surface area (Å²) in [6.45, 7) is 3.29. The summed E-state index contributed by atoms with van der Waals surface area (Å²) >= 11 is 0. The molecular formula is C14H18N6O. The highest BCUT2D eigenvalue weighted by Crippen LogP contribution is 2.39. The van der Waals surface area contributed by atoms with E-state index in [9.17, 15) is 4.79 Å². The molecule has 1 saturated heterocycles. The third-order valence-electron chi connectivity index (χ3n) is 4.35. The Morgan fingerprint density at radius 2 is 2.19 bits per heavy atom. The minimum atomic E-state index is -0.251. The molecule has 1 atom stereocenters. The van der Waals surface area contributed by atoms with Crippen LogP contribution in [0.2, 0.25) is 0 Å². The number of hydrogen-bond donors (Lipinski definition) is 0. The summed E-state index contributed by atoms with van der Waals surface area (Å²) in [5, 5.41) is 12.5. The van der Waals surface area contributed by atoms with E-state index in [1.807, 2.05) is 35.0 Å². The molecule has 0 radical (unpaired) electrons. The Morgan fingerprint density at radius 3 is 2.86 bits per heavy atom. The van der Waals surface area contributed by atoms with Crippen molar-refractivity contribution in [3.63, 3.8) is 0 Å². The largest absolute Gasteiger partial charge is 0.336 e. The van der Waals surface area contributed by atoms with E-state index in [0.29, 0.717) is 19.0 Å². The molecule has 2 aliphatic rings. The van der Waals surface area contributed by atoms with Gasteiger partial charge in [-0.15, -0.1) is 5.10 Å². The van der Waals surface area contributed by atoms with Gasteiger partial charge in [-0.25, -0.2) is 4.68 Å². The summed E-state index contributed by atoms with van der Waals surface area (Å²) in [5.74, 6) is 0.730. The van der Waals surface area contributed by atoms with Gasteiger partial charge in [0.1, 0.15) is 6.04 Å². The van der Waals surface area contributed by atoms with Crippen molar-refractivity contribution in [1.82, 2.24) is 29.7 Å². The third kappa shape index (κ3) is 2.22. The van der Waals surface area contributed by atoms with Crippen LogP contribution in [0.25, 0.3) is 0 Å². The maximum absolute atomic E-state index is 12.3. The Morgan fingerprint density at radius 1 is 1.38 bits per heavy atom. The number of nitrogens with zero attached hydrogens (tertiary/aromatic N) is 6. The first-order valence-corrected chi connectivity index (χ1v) is 7.42. The summed E-state index contributed by atoms with van der Waals surface area (Å²) in [7, 11) is 0. The molecule has 3 heterocycles. The summed E-state index contributed by atoms with van der Waals surface area (Å²) in [4.78, 5) is 14.2. The maximum Gasteiger partial charge on any atom is 0.247 e. The van der Waals surface area contributed by atoms with E-state index in [4.69, 9.17) is 0 Å². The Balaban J connectivity index is 1.36. The maximum atomic E-state index is 12.3. The molecule has 0 spiro atoms. The fourth-order valence-corrected chi connectivity index (χ4v) is 2.72. The lowest BCUT2D eigenvalue weighted by atomic mass is 10.1. The molecule has 1 aliphatic carbocycles. The summed E-state index contributed by atoms with van der Waals surface area (Å²) in [5.41, 5.74) is 1.10. The molecule has 4 rings (SSSR count). The minimum Gasteiger partial charge on any atom is -0.336 e. The fraction of sp³-hybridized carbons (Fsp3) is 0.571. The lowest BCUT2D eigenvalue weighted by Crippen LogP contribution is -2.52. The van der Waals surface area contributed by atoms with Crippen LogP contribution in [0, 0.1) is 0 Å². The molecule has 1 unspecified atom stereocenters. The van der Waals surface area contributed by atoms with Crippen molar-refractivity contribution < 1.29 is 4.79 Å². The van der Waals surface area contributed by atoms with Crippen molar-refractivity contribution in [3.05, 3.63) is 30.4 Å². The molecule has 1 aliphatic heterocycles. The second kappa shape index (κ2) is 4.68. The molecular weight excluding hydrogens is 268 g/mol. The average Bonchev–Trinajstić information content (AvgIpc) is 2.96. The Bertz CT molecular complexity index is 638. The van der Waals surface area contributed by atoms with Gasteiger partial charge in [0, 0.05) is 37.6 Å². The van der Waals surface area contributed by atoms with Crippen molar-refractivity contribution in [1.29, 1.82) is 0 Å². The average molecular weight is 286 g/mol. The smallest absolute Gasteiger partial charge is 0.247 e. The highest BCUT2D eigenvalue weighted by atomic mass is 16.2. The predicted octanol–water partition coefficient (Wildman–Crippen LogP) is 0.996. The van der Waals surface area contributed by atoms with Crippen LogP contribution in [0.1, 0.15) is 43.5 Å². The Kier molecular flexibility index (Phi) is 2.80. The SMILES string of the molecule is CC(C(=O)N1CC(n2cc(C3CC3)nn2)C1)n1cccn1. The number of hydrogen-bond acceptors (Lipinski definition) is 4. The highest BCUT2D eigenvalue weighted by molar-refractivity contribution is 5.80. The Hall–Kier alpha value is -2.18. The van der Waals surface area contributed by atoms with Gasteiger partial charge in [0.25, 0.3) is 0 Å². The molecule has 0 bridgehead atoms. The third-order valence-corrected chi connectivity index (χ3v) is 4.35. The monoisotopic (exact) mass is 286 g/mol. The van der Waals surface area contributed by atoms with E-state index in [1.54, 1.807) is 10.9 Å². The van der Waals surface area contributed by atoms with Gasteiger partial charge in [-0.3, -0.25) is 9.48 Å². The number of carbonyl (C=O) groups is 1. The van der Waals surface area contributed by atoms with E-state index in [2.05, 4.69) is 15.4 Å². The molecule has 0 aromatic carbocycles. The first-order valence-electron chi connectivity index (χ1n) is 7.42. The highest BCUT2D eigenvalue weighted by Gasteiger charge is 2.36. The van der Waals surface area contributed by atoms with Gasteiger partial charge in [0.15, 0.2) is 0 Å². The van der Waals surface area contributed by atoms with Gasteiger partial charge in [0.2, 0.25) is 5.91 Å². The van der Waals surface area contributed by atoms with E-state index in [1.165, 1.54) is 12.8 Å². The van der Waals surface area contributed by atoms with Crippen LogP contribution in [-0.4, -0.2) is 48.7 Å². The van der Waals surface area contributed by atoms with Crippen molar-refractivity contribution in [2.45, 2.75) is 37.8 Å². The van der Waals surface area contributed by atoms with Crippen LogP contribution in [0.15, 0.2) is 24.7 Å². The van der Waals surface area contributed by atoms with Gasteiger partial charge in [-0.05, 0) is 25.8 Å². The topological polar surface area (TPSA) is 68.8 Å². The molecule has 7 heteroatoms. The van der Waals surface area contributed by atoms with E-state index in [-0.39, 0.29) is 18.0 Å². The van der Waals surface area contributed by atoms with Crippen LogP contribution >= 0.6 is 0 Å². The number of aromatic nitrogens is 5. The molecule has 2 aromatic rings. The van der Waals surface area contributed by atoms with Gasteiger partial charge in [-0.1, -0.05) is 5.21 Å². The first-order chi connectivity index (χ1) is 10.2. The summed E-state index contributed by atoms with van der Waals surface area (Å²) < 4.78 is 3.60. The second-order valence-electron chi connectivity index (χ2n) is 5.96. The van der Waals surface area contributed by atoms with Gasteiger partial charge < -0.3 is 4.90 Å². The van der Waals surface area contributed by atoms with Crippen LogP contribution in [0.4, 0.5) is 0 Å². The molecule has 1 amide bonds. The summed E-state index contributed by atoms with van der Waals surface area (Å²) in [6.07, 6.45) is 8.02. The number of rotatable bonds is 4. The molecule has 0 N–H and O–H groups in total. The normalized spacial score (nSPS) is 20.3. The zero-order valence-corrected chi connectivity index (χ0v) is 12.0. The molecule has 2 fully saturated rings. The predicted molar refractivity (Wildman–Crippen MR) is 74.6 cm³/mol. The van der Waals surface area contributed by atoms with E-state index >= 15 is 0 Å². The second-order valence-corrected chi connectivity index (χ2v) is 5.96. The van der Waals surface area contributed by atoms with Crippen molar-refractivity contribution in [3.8, 4) is 0 Å². The molecule has 1 saturated carbocycles. The lowest BCUT2D eigenvalue weighted by molar-refractivity contribution is -0.140. The van der Waals surface area contributed by atoms with Crippen LogP contribution in [-0.2, 0) is 4.79 Å². The quantitative estimate of drug-likeness (QED) is 0.840. The first kappa shape index (κ1) is 12.6. The molecule has 21 heavy (non-hydrogen) atoms. The molecule has 7 nitrogen and oxygen atoms in total. The van der Waals surface area contributed by atoms with Gasteiger partial charge in [-0.2, -0.15) is 5.10 Å². The van der Waals surface area contributed by atoms with Crippen molar-refractivity contribution in [2.75, 3.05) is 13.1 Å². The van der Waals surface area contributed by atoms with E-state index < -0.39 is 0 Å². The minimum absolute atomic E-state index is 0.109.